The molecule has 0 radical (unpaired) electrons. The van der Waals surface area contributed by atoms with E-state index in [0.717, 1.165) is 6.42 Å². The number of aliphatic hydroxyl groups is 4. The number of phenols is 1. The lowest BCUT2D eigenvalue weighted by molar-refractivity contribution is -0.267. The van der Waals surface area contributed by atoms with Gasteiger partial charge in [0.05, 0.1) is 36.4 Å². The highest BCUT2D eigenvalue weighted by Crippen LogP contribution is 2.46. The van der Waals surface area contributed by atoms with E-state index >= 15 is 0 Å². The number of fused-ring (bicyclic) bond motifs is 2. The molecule has 4 heterocycles. The first-order chi connectivity index (χ1) is 36.9. The number of carbonyl (C=O) groups excluding carboxylic acids is 6. The zero-order valence-corrected chi connectivity index (χ0v) is 47.6. The number of amides is 4. The number of aliphatic hydroxyl groups excluding tert-OH is 4. The number of ketones is 1. The van der Waals surface area contributed by atoms with Crippen molar-refractivity contribution in [2.75, 3.05) is 6.54 Å². The standard InChI is InChI=1S/C60H91N5O13/c1-11-43-30-37(6)60(63-55(43)72)41(10)53(70)40(9)51(78-60)33-49(69)35(4)20-14-12-15-21-36(5)50-26-17-13-16-25-48(68)39(8)54(71)45(28-27-38(7)66)56(73)62-52(34(2)3)57(74)61-47(32-42-22-18-23-44(67)31-42)58(75)65-29-19-24-46(64-65)59(76)77-50/h12-13,15-18,21-23,25,31,34-35,37,39-41,43,45-54,64,67-71H,11,14,19-20,24,26-30,32-33H2,1-10H3,(H,61,74)(H,62,73)(H,63,72)/b15-12+,17-13+,25-16+,36-21+/t35-,37+,39-,40-,41-,43+,45+,46?,47-,48+,49-,50?,51?,52-,53-,54+,60?/m0/s1. The number of aromatic hydroxyl groups is 1. The van der Waals surface area contributed by atoms with Crippen LogP contribution in [0.15, 0.2) is 72.4 Å². The number of piperidine rings is 1. The lowest BCUT2D eigenvalue weighted by Gasteiger charge is -2.56. The van der Waals surface area contributed by atoms with Crippen LogP contribution in [0.5, 0.6) is 5.75 Å². The number of hydrazine groups is 1. The summed E-state index contributed by atoms with van der Waals surface area (Å²) in [6.07, 6.45) is 10.6. The number of nitrogens with one attached hydrogen (secondary N) is 4. The molecule has 0 aromatic heterocycles. The van der Waals surface area contributed by atoms with Gasteiger partial charge in [-0.25, -0.2) is 5.43 Å². The third-order valence-corrected chi connectivity index (χ3v) is 16.9. The number of hydrogen-bond acceptors (Lipinski definition) is 14. The van der Waals surface area contributed by atoms with Gasteiger partial charge >= 0.3 is 5.97 Å². The van der Waals surface area contributed by atoms with Gasteiger partial charge in [0.25, 0.3) is 5.91 Å². The Morgan fingerprint density at radius 2 is 1.68 bits per heavy atom. The summed E-state index contributed by atoms with van der Waals surface area (Å²) >= 11 is 0. The Balaban J connectivity index is 1.35. The molecule has 1 aromatic rings. The van der Waals surface area contributed by atoms with Crippen molar-refractivity contribution in [1.82, 2.24) is 26.4 Å². The van der Waals surface area contributed by atoms with Gasteiger partial charge in [0.1, 0.15) is 41.5 Å². The number of rotatable bonds is 15. The van der Waals surface area contributed by atoms with E-state index in [9.17, 15) is 54.3 Å². The van der Waals surface area contributed by atoms with E-state index in [1.54, 1.807) is 51.1 Å². The average molecular weight is 1090 g/mol. The number of esters is 1. The largest absolute Gasteiger partial charge is 0.508 e. The van der Waals surface area contributed by atoms with Gasteiger partial charge in [-0.3, -0.25) is 29.0 Å². The summed E-state index contributed by atoms with van der Waals surface area (Å²) in [5.41, 5.74) is 3.27. The van der Waals surface area contributed by atoms with Crippen molar-refractivity contribution in [3.05, 3.63) is 77.9 Å². The number of phenolic OH excluding ortho intramolecular Hbond substituents is 1. The summed E-state index contributed by atoms with van der Waals surface area (Å²) in [6, 6.07) is 2.90. The van der Waals surface area contributed by atoms with Gasteiger partial charge in [-0.15, -0.1) is 0 Å². The fourth-order valence-electron chi connectivity index (χ4n) is 11.3. The van der Waals surface area contributed by atoms with Crippen LogP contribution in [-0.4, -0.2) is 133 Å². The van der Waals surface area contributed by atoms with E-state index < -0.39 is 102 Å². The van der Waals surface area contributed by atoms with Gasteiger partial charge in [0.15, 0.2) is 0 Å². The van der Waals surface area contributed by atoms with Crippen LogP contribution in [0.1, 0.15) is 139 Å². The fourth-order valence-corrected chi connectivity index (χ4v) is 11.3. The first-order valence-corrected chi connectivity index (χ1v) is 28.4. The van der Waals surface area contributed by atoms with Crippen LogP contribution < -0.4 is 21.4 Å². The summed E-state index contributed by atoms with van der Waals surface area (Å²) in [5, 5.41) is 66.1. The molecule has 4 unspecified atom stereocenters. The molecule has 3 saturated heterocycles. The molecule has 5 rings (SSSR count). The van der Waals surface area contributed by atoms with Gasteiger partial charge < -0.3 is 55.8 Å². The molecule has 1 aromatic carbocycles. The van der Waals surface area contributed by atoms with Crippen molar-refractivity contribution in [2.24, 2.45) is 47.3 Å². The number of hydrogen-bond donors (Lipinski definition) is 9. The van der Waals surface area contributed by atoms with Crippen molar-refractivity contribution in [3.63, 3.8) is 0 Å². The molecule has 4 amide bonds. The third kappa shape index (κ3) is 16.7. The number of cyclic esters (lactones) is 1. The molecule has 78 heavy (non-hydrogen) atoms. The SMILES string of the molecule is CC[C@@H]1C[C@@H](C)C2(NC1=O)OC(C[C@H](O)[C@@H](C)CC/C=C/C=C(\C)C1C/C=C/C=C/[C@@H](O)[C@H](C)[C@@H](O)[C@@H](CCC(C)=O)C(=O)N[C@@H](C(C)C)C(=O)N[C@@H](Cc3cccc(O)c3)C(=O)N3CCCC(N3)C(=O)O1)[C@H](C)[C@H](O)[C@@H]2C. The second-order valence-electron chi connectivity index (χ2n) is 23.2. The quantitative estimate of drug-likeness (QED) is 0.0786. The van der Waals surface area contributed by atoms with E-state index in [4.69, 9.17) is 9.47 Å². The molecule has 2 bridgehead atoms. The van der Waals surface area contributed by atoms with Crippen LogP contribution in [0.2, 0.25) is 0 Å². The normalized spacial score (nSPS) is 34.9. The second kappa shape index (κ2) is 29.3. The molecule has 4 aliphatic heterocycles. The van der Waals surface area contributed by atoms with Crippen molar-refractivity contribution in [3.8, 4) is 5.75 Å². The summed E-state index contributed by atoms with van der Waals surface area (Å²) in [5.74, 6) is -6.33. The van der Waals surface area contributed by atoms with Gasteiger partial charge in [0, 0.05) is 61.8 Å². The minimum atomic E-state index is -1.43. The second-order valence-corrected chi connectivity index (χ2v) is 23.2. The molecule has 0 saturated carbocycles. The number of carbonyl (C=O) groups is 6. The Labute approximate surface area is 461 Å². The summed E-state index contributed by atoms with van der Waals surface area (Å²) in [4.78, 5) is 82.2. The molecular formula is C60H91N5O13. The van der Waals surface area contributed by atoms with Crippen LogP contribution in [0.3, 0.4) is 0 Å². The molecule has 18 nitrogen and oxygen atoms in total. The fraction of sp³-hybridized carbons (Fsp3) is 0.667. The molecule has 9 N–H and O–H groups in total. The molecular weight excluding hydrogens is 999 g/mol. The number of Topliss-reactive ketones (excluding diaryl/α,β-unsaturated/α-hetero) is 1. The van der Waals surface area contributed by atoms with E-state index in [0.29, 0.717) is 49.7 Å². The zero-order chi connectivity index (χ0) is 57.6. The van der Waals surface area contributed by atoms with Crippen LogP contribution in [-0.2, 0) is 44.7 Å². The number of ether oxygens (including phenoxy) is 2. The van der Waals surface area contributed by atoms with Gasteiger partial charge in [0.2, 0.25) is 17.7 Å². The number of nitrogens with zero attached hydrogens (tertiary/aromatic N) is 1. The zero-order valence-electron chi connectivity index (χ0n) is 47.6. The van der Waals surface area contributed by atoms with Crippen LogP contribution in [0, 0.1) is 47.3 Å². The molecule has 18 heteroatoms. The van der Waals surface area contributed by atoms with Gasteiger partial charge in [-0.1, -0.05) is 110 Å². The summed E-state index contributed by atoms with van der Waals surface area (Å²) in [6.45, 7) is 18.3. The molecule has 4 aliphatic rings. The number of allylic oxidation sites excluding steroid dienone is 5. The minimum absolute atomic E-state index is 0.0254. The van der Waals surface area contributed by atoms with E-state index in [1.807, 2.05) is 52.8 Å². The lowest BCUT2D eigenvalue weighted by atomic mass is 9.69. The molecule has 17 atom stereocenters. The number of benzene rings is 1. The first-order valence-electron chi connectivity index (χ1n) is 28.4. The van der Waals surface area contributed by atoms with Gasteiger partial charge in [-0.2, -0.15) is 0 Å². The summed E-state index contributed by atoms with van der Waals surface area (Å²) in [7, 11) is 0. The summed E-state index contributed by atoms with van der Waals surface area (Å²) < 4.78 is 12.9. The highest BCUT2D eigenvalue weighted by molar-refractivity contribution is 5.93. The Bertz CT molecular complexity index is 2340. The smallest absolute Gasteiger partial charge is 0.325 e. The predicted molar refractivity (Wildman–Crippen MR) is 295 cm³/mol. The van der Waals surface area contributed by atoms with Crippen molar-refractivity contribution in [2.45, 2.75) is 200 Å². The van der Waals surface area contributed by atoms with Crippen LogP contribution in [0.4, 0.5) is 0 Å². The minimum Gasteiger partial charge on any atom is -0.508 e. The Hall–Kier alpha value is -5.24. The topological polar surface area (TPSA) is 273 Å². The predicted octanol–water partition coefficient (Wildman–Crippen LogP) is 5.41. The highest BCUT2D eigenvalue weighted by Gasteiger charge is 2.57. The first kappa shape index (κ1) is 63.6. The third-order valence-electron chi connectivity index (χ3n) is 16.9. The molecule has 1 spiro atoms. The maximum absolute atomic E-state index is 14.5. The van der Waals surface area contributed by atoms with Gasteiger partial charge in [-0.05, 0) is 93.9 Å². The highest BCUT2D eigenvalue weighted by atomic mass is 16.5. The molecule has 0 aliphatic carbocycles. The van der Waals surface area contributed by atoms with Crippen molar-refractivity contribution >= 4 is 35.4 Å². The Morgan fingerprint density at radius 1 is 0.949 bits per heavy atom. The average Bonchev–Trinajstić information content (AvgIpc) is 3.51. The van der Waals surface area contributed by atoms with Crippen molar-refractivity contribution in [1.29, 1.82) is 0 Å². The molecule has 3 fully saturated rings. The monoisotopic (exact) mass is 1090 g/mol. The maximum Gasteiger partial charge on any atom is 0.325 e. The van der Waals surface area contributed by atoms with Crippen molar-refractivity contribution < 1.29 is 63.8 Å². The van der Waals surface area contributed by atoms with E-state index in [2.05, 4.69) is 28.3 Å². The van der Waals surface area contributed by atoms with E-state index in [1.165, 1.54) is 30.1 Å². The maximum atomic E-state index is 14.5. The Morgan fingerprint density at radius 3 is 2.36 bits per heavy atom. The lowest BCUT2D eigenvalue weighted by Crippen LogP contribution is -2.71. The van der Waals surface area contributed by atoms with Crippen LogP contribution in [0.25, 0.3) is 0 Å². The van der Waals surface area contributed by atoms with E-state index in [-0.39, 0.29) is 79.3 Å². The molecule has 434 valence electrons. The Kier molecular flexibility index (Phi) is 23.9. The van der Waals surface area contributed by atoms with Crippen LogP contribution >= 0.6 is 0 Å².